The number of halogens is 1. The van der Waals surface area contributed by atoms with Gasteiger partial charge in [0.1, 0.15) is 0 Å². The van der Waals surface area contributed by atoms with Crippen LogP contribution in [0.5, 0.6) is 0 Å². The molecule has 0 aliphatic rings. The van der Waals surface area contributed by atoms with Crippen LogP contribution in [-0.2, 0) is 6.42 Å². The summed E-state index contributed by atoms with van der Waals surface area (Å²) in [4.78, 5) is 4.47. The minimum absolute atomic E-state index is 0.967. The van der Waals surface area contributed by atoms with E-state index in [1.165, 1.54) is 10.3 Å². The van der Waals surface area contributed by atoms with Crippen molar-refractivity contribution in [2.24, 2.45) is 0 Å². The molecule has 1 aromatic carbocycles. The van der Waals surface area contributed by atoms with Crippen LogP contribution in [0.3, 0.4) is 0 Å². The standard InChI is InChI=1S/C10H11BrN2S/c1-3-6-4-7(11)9-8(5-6)14-10(12-2)13-9/h4-5H,3H2,1-2H3,(H,12,13). The van der Waals surface area contributed by atoms with E-state index in [0.29, 0.717) is 0 Å². The van der Waals surface area contributed by atoms with Gasteiger partial charge in [-0.15, -0.1) is 0 Å². The number of fused-ring (bicyclic) bond motifs is 1. The van der Waals surface area contributed by atoms with Gasteiger partial charge in [0.15, 0.2) is 5.13 Å². The van der Waals surface area contributed by atoms with Crippen molar-refractivity contribution in [3.05, 3.63) is 22.2 Å². The molecule has 0 aliphatic heterocycles. The summed E-state index contributed by atoms with van der Waals surface area (Å²) in [6.07, 6.45) is 1.06. The van der Waals surface area contributed by atoms with Gasteiger partial charge in [-0.2, -0.15) is 0 Å². The Morgan fingerprint density at radius 3 is 2.93 bits per heavy atom. The average molecular weight is 271 g/mol. The lowest BCUT2D eigenvalue weighted by molar-refractivity contribution is 1.14. The van der Waals surface area contributed by atoms with Crippen molar-refractivity contribution in [3.8, 4) is 0 Å². The maximum absolute atomic E-state index is 4.47. The zero-order chi connectivity index (χ0) is 10.1. The number of benzene rings is 1. The van der Waals surface area contributed by atoms with Gasteiger partial charge < -0.3 is 5.32 Å². The fourth-order valence-corrected chi connectivity index (χ4v) is 2.99. The van der Waals surface area contributed by atoms with E-state index in [9.17, 15) is 0 Å². The Bertz CT molecular complexity index is 464. The van der Waals surface area contributed by atoms with Crippen LogP contribution < -0.4 is 5.32 Å². The van der Waals surface area contributed by atoms with Crippen molar-refractivity contribution in [1.82, 2.24) is 4.98 Å². The van der Waals surface area contributed by atoms with Crippen molar-refractivity contribution in [2.45, 2.75) is 13.3 Å². The smallest absolute Gasteiger partial charge is 0.183 e. The maximum Gasteiger partial charge on any atom is 0.183 e. The number of aromatic nitrogens is 1. The molecular weight excluding hydrogens is 260 g/mol. The van der Waals surface area contributed by atoms with Crippen LogP contribution in [0.25, 0.3) is 10.2 Å². The largest absolute Gasteiger partial charge is 0.365 e. The summed E-state index contributed by atoms with van der Waals surface area (Å²) < 4.78 is 2.32. The van der Waals surface area contributed by atoms with Crippen LogP contribution in [0.2, 0.25) is 0 Å². The fraction of sp³-hybridized carbons (Fsp3) is 0.300. The summed E-state index contributed by atoms with van der Waals surface area (Å²) in [6, 6.07) is 4.35. The number of hydrogen-bond acceptors (Lipinski definition) is 3. The molecular formula is C10H11BrN2S. The molecule has 0 bridgehead atoms. The third-order valence-corrected chi connectivity index (χ3v) is 3.75. The molecule has 0 spiro atoms. The molecule has 2 nitrogen and oxygen atoms in total. The molecule has 14 heavy (non-hydrogen) atoms. The van der Waals surface area contributed by atoms with E-state index in [-0.39, 0.29) is 0 Å². The van der Waals surface area contributed by atoms with Gasteiger partial charge in [-0.05, 0) is 40.0 Å². The maximum atomic E-state index is 4.47. The molecule has 0 saturated heterocycles. The molecule has 1 N–H and O–H groups in total. The molecule has 0 radical (unpaired) electrons. The van der Waals surface area contributed by atoms with Gasteiger partial charge in [-0.25, -0.2) is 4.98 Å². The topological polar surface area (TPSA) is 24.9 Å². The van der Waals surface area contributed by atoms with Crippen LogP contribution in [0.1, 0.15) is 12.5 Å². The summed E-state index contributed by atoms with van der Waals surface area (Å²) in [5.41, 5.74) is 2.40. The first-order chi connectivity index (χ1) is 6.74. The number of thiazole rings is 1. The van der Waals surface area contributed by atoms with E-state index in [1.807, 2.05) is 7.05 Å². The lowest BCUT2D eigenvalue weighted by atomic mass is 10.2. The Hall–Kier alpha value is -0.610. The summed E-state index contributed by atoms with van der Waals surface area (Å²) in [5.74, 6) is 0. The SMILES string of the molecule is CCc1cc(Br)c2nc(NC)sc2c1. The van der Waals surface area contributed by atoms with Gasteiger partial charge in [0, 0.05) is 11.5 Å². The van der Waals surface area contributed by atoms with Crippen molar-refractivity contribution in [3.63, 3.8) is 0 Å². The number of anilines is 1. The number of nitrogens with one attached hydrogen (secondary N) is 1. The molecule has 0 saturated carbocycles. The minimum atomic E-state index is 0.967. The monoisotopic (exact) mass is 270 g/mol. The highest BCUT2D eigenvalue weighted by Crippen LogP contribution is 2.32. The zero-order valence-electron chi connectivity index (χ0n) is 8.10. The van der Waals surface area contributed by atoms with Crippen LogP contribution in [0.15, 0.2) is 16.6 Å². The molecule has 2 aromatic rings. The molecule has 0 unspecified atom stereocenters. The van der Waals surface area contributed by atoms with E-state index in [0.717, 1.165) is 21.5 Å². The van der Waals surface area contributed by atoms with Crippen molar-refractivity contribution in [1.29, 1.82) is 0 Å². The number of nitrogens with zero attached hydrogens (tertiary/aromatic N) is 1. The summed E-state index contributed by atoms with van der Waals surface area (Å²) in [6.45, 7) is 2.16. The van der Waals surface area contributed by atoms with Crippen LogP contribution in [0.4, 0.5) is 5.13 Å². The first-order valence-corrected chi connectivity index (χ1v) is 6.12. The molecule has 0 atom stereocenters. The fourth-order valence-electron chi connectivity index (χ4n) is 1.35. The molecule has 4 heteroatoms. The first-order valence-electron chi connectivity index (χ1n) is 4.51. The second-order valence-electron chi connectivity index (χ2n) is 3.05. The van der Waals surface area contributed by atoms with Crippen LogP contribution in [-0.4, -0.2) is 12.0 Å². The van der Waals surface area contributed by atoms with E-state index < -0.39 is 0 Å². The summed E-state index contributed by atoms with van der Waals surface area (Å²) in [7, 11) is 1.90. The van der Waals surface area contributed by atoms with Gasteiger partial charge in [-0.1, -0.05) is 18.3 Å². The highest BCUT2D eigenvalue weighted by Gasteiger charge is 2.07. The van der Waals surface area contributed by atoms with Gasteiger partial charge in [0.05, 0.1) is 10.2 Å². The van der Waals surface area contributed by atoms with Gasteiger partial charge >= 0.3 is 0 Å². The Morgan fingerprint density at radius 2 is 2.29 bits per heavy atom. The third kappa shape index (κ3) is 1.64. The molecule has 0 amide bonds. The van der Waals surface area contributed by atoms with Crippen LogP contribution >= 0.6 is 27.3 Å². The Balaban J connectivity index is 2.67. The van der Waals surface area contributed by atoms with E-state index in [1.54, 1.807) is 11.3 Å². The van der Waals surface area contributed by atoms with E-state index >= 15 is 0 Å². The lowest BCUT2D eigenvalue weighted by Gasteiger charge is -1.97. The average Bonchev–Trinajstić information content (AvgIpc) is 2.61. The molecule has 1 aromatic heterocycles. The highest BCUT2D eigenvalue weighted by molar-refractivity contribution is 9.10. The molecule has 1 heterocycles. The van der Waals surface area contributed by atoms with E-state index in [2.05, 4.69) is 45.3 Å². The Labute approximate surface area is 95.5 Å². The number of rotatable bonds is 2. The molecule has 0 aliphatic carbocycles. The van der Waals surface area contributed by atoms with Gasteiger partial charge in [0.25, 0.3) is 0 Å². The van der Waals surface area contributed by atoms with Gasteiger partial charge in [0.2, 0.25) is 0 Å². The lowest BCUT2D eigenvalue weighted by Crippen LogP contribution is -1.84. The highest BCUT2D eigenvalue weighted by atomic mass is 79.9. The molecule has 2 rings (SSSR count). The normalized spacial score (nSPS) is 10.8. The Kier molecular flexibility index (Phi) is 2.74. The zero-order valence-corrected chi connectivity index (χ0v) is 10.5. The van der Waals surface area contributed by atoms with Crippen molar-refractivity contribution < 1.29 is 0 Å². The second kappa shape index (κ2) is 3.87. The van der Waals surface area contributed by atoms with Crippen molar-refractivity contribution >= 4 is 42.6 Å². The summed E-state index contributed by atoms with van der Waals surface area (Å²) >= 11 is 5.24. The molecule has 74 valence electrons. The molecule has 0 fully saturated rings. The predicted octanol–water partition coefficient (Wildman–Crippen LogP) is 3.66. The minimum Gasteiger partial charge on any atom is -0.365 e. The second-order valence-corrected chi connectivity index (χ2v) is 4.93. The summed E-state index contributed by atoms with van der Waals surface area (Å²) in [5, 5.41) is 4.03. The predicted molar refractivity (Wildman–Crippen MR) is 66.2 cm³/mol. The number of hydrogen-bond donors (Lipinski definition) is 1. The van der Waals surface area contributed by atoms with Crippen LogP contribution in [0, 0.1) is 0 Å². The third-order valence-electron chi connectivity index (χ3n) is 2.13. The Morgan fingerprint density at radius 1 is 1.50 bits per heavy atom. The number of aryl methyl sites for hydroxylation is 1. The van der Waals surface area contributed by atoms with Gasteiger partial charge in [-0.3, -0.25) is 0 Å². The van der Waals surface area contributed by atoms with Crippen molar-refractivity contribution in [2.75, 3.05) is 12.4 Å². The first kappa shape index (κ1) is 9.93. The van der Waals surface area contributed by atoms with E-state index in [4.69, 9.17) is 0 Å². The quantitative estimate of drug-likeness (QED) is 0.901.